The molecule has 0 bridgehead atoms. The van der Waals surface area contributed by atoms with Crippen molar-refractivity contribution in [1.82, 2.24) is 4.90 Å². The Bertz CT molecular complexity index is 118. The van der Waals surface area contributed by atoms with Crippen LogP contribution in [0.4, 0.5) is 0 Å². The van der Waals surface area contributed by atoms with Crippen LogP contribution in [0.1, 0.15) is 19.8 Å². The molecule has 1 aliphatic rings. The zero-order valence-electron chi connectivity index (χ0n) is 7.06. The third kappa shape index (κ3) is 1.90. The van der Waals surface area contributed by atoms with Crippen LogP contribution in [0.3, 0.4) is 0 Å². The smallest absolute Gasteiger partial charge is 0.0258 e. The van der Waals surface area contributed by atoms with E-state index in [0.717, 1.165) is 6.04 Å². The minimum atomic E-state index is 0.725. The molecule has 1 saturated heterocycles. The van der Waals surface area contributed by atoms with Crippen molar-refractivity contribution < 1.29 is 0 Å². The molecule has 0 N–H and O–H groups in total. The predicted molar refractivity (Wildman–Crippen MR) is 46.9 cm³/mol. The molecule has 10 heavy (non-hydrogen) atoms. The van der Waals surface area contributed by atoms with Crippen molar-refractivity contribution in [2.24, 2.45) is 0 Å². The molecule has 1 fully saturated rings. The maximum Gasteiger partial charge on any atom is 0.0258 e. The largest absolute Gasteiger partial charge is 0.376 e. The van der Waals surface area contributed by atoms with E-state index in [0.29, 0.717) is 0 Å². The maximum absolute atomic E-state index is 3.91. The van der Waals surface area contributed by atoms with Crippen molar-refractivity contribution in [3.05, 3.63) is 25.4 Å². The minimum absolute atomic E-state index is 0.725. The summed E-state index contributed by atoms with van der Waals surface area (Å²) in [5.74, 6) is 0. The van der Waals surface area contributed by atoms with E-state index in [-0.39, 0.29) is 0 Å². The zero-order chi connectivity index (χ0) is 8.15. The maximum atomic E-state index is 3.91. The summed E-state index contributed by atoms with van der Waals surface area (Å²) in [6, 6.07) is 0.725. The lowest BCUT2D eigenvalue weighted by molar-refractivity contribution is 0.377. The van der Waals surface area contributed by atoms with Gasteiger partial charge in [-0.1, -0.05) is 6.58 Å². The number of hydrogen-bond acceptors (Lipinski definition) is 1. The molecule has 1 rings (SSSR count). The van der Waals surface area contributed by atoms with Crippen molar-refractivity contribution in [3.8, 4) is 0 Å². The Kier molecular flexibility index (Phi) is 3.85. The second kappa shape index (κ2) is 4.15. The van der Waals surface area contributed by atoms with Gasteiger partial charge in [-0.2, -0.15) is 0 Å². The second-order valence-electron chi connectivity index (χ2n) is 2.56. The topological polar surface area (TPSA) is 3.24 Å². The number of likely N-dealkylation sites (tertiary alicyclic amines) is 1. The highest BCUT2D eigenvalue weighted by Crippen LogP contribution is 2.22. The molecule has 0 amide bonds. The molecule has 1 heterocycles. The van der Waals surface area contributed by atoms with Gasteiger partial charge in [0.1, 0.15) is 0 Å². The van der Waals surface area contributed by atoms with Gasteiger partial charge in [0.2, 0.25) is 0 Å². The highest BCUT2D eigenvalue weighted by Gasteiger charge is 2.17. The highest BCUT2D eigenvalue weighted by atomic mass is 15.2. The molecule has 0 aromatic rings. The van der Waals surface area contributed by atoms with Gasteiger partial charge >= 0.3 is 0 Å². The number of nitrogens with zero attached hydrogens (tertiary/aromatic N) is 1. The van der Waals surface area contributed by atoms with Crippen LogP contribution in [0.5, 0.6) is 0 Å². The van der Waals surface area contributed by atoms with E-state index < -0.39 is 0 Å². The van der Waals surface area contributed by atoms with E-state index >= 15 is 0 Å². The van der Waals surface area contributed by atoms with Crippen LogP contribution in [0.2, 0.25) is 0 Å². The molecule has 1 atom stereocenters. The van der Waals surface area contributed by atoms with Crippen LogP contribution >= 0.6 is 0 Å². The molecule has 0 aliphatic carbocycles. The number of hydrogen-bond donors (Lipinski definition) is 0. The fourth-order valence-electron chi connectivity index (χ4n) is 1.06. The third-order valence-electron chi connectivity index (χ3n) is 2.01. The lowest BCUT2D eigenvalue weighted by Gasteiger charge is -2.17. The normalized spacial score (nSPS) is 24.0. The Hall–Kier alpha value is -0.720. The lowest BCUT2D eigenvalue weighted by atomic mass is 10.2. The average molecular weight is 139 g/mol. The molecule has 0 aromatic heterocycles. The Balaban J connectivity index is 0.000000371. The first-order valence-corrected chi connectivity index (χ1v) is 3.62. The summed E-state index contributed by atoms with van der Waals surface area (Å²) in [4.78, 5) is 2.25. The Labute approximate surface area is 64.0 Å². The van der Waals surface area contributed by atoms with Gasteiger partial charge in [-0.05, 0) is 19.8 Å². The zero-order valence-corrected chi connectivity index (χ0v) is 7.06. The van der Waals surface area contributed by atoms with Crippen molar-refractivity contribution in [2.75, 3.05) is 7.05 Å². The van der Waals surface area contributed by atoms with Gasteiger partial charge in [-0.25, -0.2) is 0 Å². The van der Waals surface area contributed by atoms with E-state index in [1.54, 1.807) is 0 Å². The van der Waals surface area contributed by atoms with E-state index in [2.05, 4.69) is 38.6 Å². The van der Waals surface area contributed by atoms with E-state index in [4.69, 9.17) is 0 Å². The molecular formula is C9H17N. The predicted octanol–water partition coefficient (Wildman–Crippen LogP) is 2.42. The lowest BCUT2D eigenvalue weighted by Crippen LogP contribution is -2.19. The van der Waals surface area contributed by atoms with Crippen molar-refractivity contribution in [2.45, 2.75) is 25.8 Å². The Morgan fingerprint density at radius 2 is 2.00 bits per heavy atom. The van der Waals surface area contributed by atoms with Gasteiger partial charge in [-0.3, -0.25) is 0 Å². The van der Waals surface area contributed by atoms with Gasteiger partial charge in [-0.15, -0.1) is 13.2 Å². The molecular weight excluding hydrogens is 122 g/mol. The van der Waals surface area contributed by atoms with E-state index in [1.165, 1.54) is 18.5 Å². The molecule has 1 unspecified atom stereocenters. The van der Waals surface area contributed by atoms with Crippen LogP contribution in [-0.2, 0) is 0 Å². The first-order valence-electron chi connectivity index (χ1n) is 3.62. The molecule has 1 nitrogen and oxygen atoms in total. The fourth-order valence-corrected chi connectivity index (χ4v) is 1.06. The number of rotatable bonds is 0. The number of allylic oxidation sites excluding steroid dienone is 1. The van der Waals surface area contributed by atoms with Crippen molar-refractivity contribution in [3.63, 3.8) is 0 Å². The quantitative estimate of drug-likeness (QED) is 0.466. The summed E-state index contributed by atoms with van der Waals surface area (Å²) in [7, 11) is 2.11. The monoisotopic (exact) mass is 139 g/mol. The molecule has 0 spiro atoms. The molecule has 0 radical (unpaired) electrons. The van der Waals surface area contributed by atoms with Gasteiger partial charge in [0.05, 0.1) is 0 Å². The van der Waals surface area contributed by atoms with Crippen molar-refractivity contribution >= 4 is 0 Å². The minimum Gasteiger partial charge on any atom is -0.376 e. The third-order valence-corrected chi connectivity index (χ3v) is 2.01. The first-order chi connectivity index (χ1) is 4.72. The summed E-state index contributed by atoms with van der Waals surface area (Å²) in [6.45, 7) is 12.1. The molecule has 0 aromatic carbocycles. The standard InChI is InChI=1S/C7H13N.C2H4/c1-6-4-5-7(2)8(6)3;1-2/h7H,1,4-5H2,2-3H3;1-2H2. The van der Waals surface area contributed by atoms with E-state index in [1.807, 2.05) is 0 Å². The fraction of sp³-hybridized carbons (Fsp3) is 0.556. The summed E-state index contributed by atoms with van der Waals surface area (Å²) in [5.41, 5.74) is 1.29. The molecule has 1 aliphatic heterocycles. The van der Waals surface area contributed by atoms with Crippen molar-refractivity contribution in [1.29, 1.82) is 0 Å². The summed E-state index contributed by atoms with van der Waals surface area (Å²) >= 11 is 0. The SMILES string of the molecule is C=C.C=C1CCC(C)N1C. The van der Waals surface area contributed by atoms with E-state index in [9.17, 15) is 0 Å². The average Bonchev–Trinajstić information content (AvgIpc) is 2.25. The molecule has 58 valence electrons. The van der Waals surface area contributed by atoms with Crippen LogP contribution in [0.15, 0.2) is 25.4 Å². The summed E-state index contributed by atoms with van der Waals surface area (Å²) in [6.07, 6.45) is 2.48. The Morgan fingerprint density at radius 1 is 1.50 bits per heavy atom. The van der Waals surface area contributed by atoms with Crippen LogP contribution < -0.4 is 0 Å². The van der Waals surface area contributed by atoms with Gasteiger partial charge in [0.25, 0.3) is 0 Å². The highest BCUT2D eigenvalue weighted by molar-refractivity contribution is 5.00. The van der Waals surface area contributed by atoms with Gasteiger partial charge in [0.15, 0.2) is 0 Å². The van der Waals surface area contributed by atoms with Crippen LogP contribution in [0.25, 0.3) is 0 Å². The van der Waals surface area contributed by atoms with Crippen LogP contribution in [-0.4, -0.2) is 18.0 Å². The summed E-state index contributed by atoms with van der Waals surface area (Å²) in [5, 5.41) is 0. The summed E-state index contributed by atoms with van der Waals surface area (Å²) < 4.78 is 0. The molecule has 0 saturated carbocycles. The van der Waals surface area contributed by atoms with Crippen LogP contribution in [0, 0.1) is 0 Å². The van der Waals surface area contributed by atoms with Gasteiger partial charge < -0.3 is 4.90 Å². The van der Waals surface area contributed by atoms with Gasteiger partial charge in [0, 0.05) is 18.8 Å². The molecule has 1 heteroatoms. The second-order valence-corrected chi connectivity index (χ2v) is 2.56. The Morgan fingerprint density at radius 3 is 2.10 bits per heavy atom. The first kappa shape index (κ1) is 9.28.